The second-order valence-electron chi connectivity index (χ2n) is 1.50. The molecule has 0 aliphatic rings. The SMILES string of the molecule is C[C-](C)C.[Fe]. The van der Waals surface area contributed by atoms with Crippen molar-refractivity contribution in [1.82, 2.24) is 0 Å². The van der Waals surface area contributed by atoms with Gasteiger partial charge in [0.25, 0.3) is 0 Å². The van der Waals surface area contributed by atoms with E-state index >= 15 is 0 Å². The second kappa shape index (κ2) is 4.52. The van der Waals surface area contributed by atoms with Crippen molar-refractivity contribution in [2.45, 2.75) is 20.8 Å². The van der Waals surface area contributed by atoms with Gasteiger partial charge in [-0.2, -0.15) is 20.8 Å². The molecule has 34 valence electrons. The van der Waals surface area contributed by atoms with Crippen LogP contribution in [-0.4, -0.2) is 0 Å². The third kappa shape index (κ3) is 106. The quantitative estimate of drug-likeness (QED) is 0.330. The molecule has 0 atom stereocenters. The smallest absolute Gasteiger partial charge is 0 e. The van der Waals surface area contributed by atoms with E-state index in [0.29, 0.717) is 0 Å². The fourth-order valence-electron chi connectivity index (χ4n) is 0. The van der Waals surface area contributed by atoms with Crippen molar-refractivity contribution < 1.29 is 17.1 Å². The summed E-state index contributed by atoms with van der Waals surface area (Å²) in [6.45, 7) is 6.25. The van der Waals surface area contributed by atoms with Gasteiger partial charge in [0.1, 0.15) is 0 Å². The van der Waals surface area contributed by atoms with Gasteiger partial charge in [-0.05, 0) is 0 Å². The molecule has 0 nitrogen and oxygen atoms in total. The molecular formula is C4H9Fe-. The fourth-order valence-corrected chi connectivity index (χ4v) is 0. The minimum absolute atomic E-state index is 0. The summed E-state index contributed by atoms with van der Waals surface area (Å²) in [5.41, 5.74) is 0. The summed E-state index contributed by atoms with van der Waals surface area (Å²) in [4.78, 5) is 0. The van der Waals surface area contributed by atoms with Gasteiger partial charge in [0.2, 0.25) is 0 Å². The Morgan fingerprint density at radius 3 is 1.00 bits per heavy atom. The van der Waals surface area contributed by atoms with Crippen molar-refractivity contribution >= 4 is 0 Å². The molecule has 0 aromatic rings. The zero-order valence-electron chi connectivity index (χ0n) is 3.85. The molecule has 0 saturated carbocycles. The molecule has 5 heavy (non-hydrogen) atoms. The molecule has 0 unspecified atom stereocenters. The third-order valence-corrected chi connectivity index (χ3v) is 0. The molecule has 0 rings (SSSR count). The minimum atomic E-state index is 0. The zero-order chi connectivity index (χ0) is 3.58. The van der Waals surface area contributed by atoms with Crippen LogP contribution in [0.15, 0.2) is 0 Å². The monoisotopic (exact) mass is 113 g/mol. The van der Waals surface area contributed by atoms with Gasteiger partial charge in [-0.3, -0.25) is 0 Å². The van der Waals surface area contributed by atoms with E-state index in [2.05, 4.69) is 20.8 Å². The van der Waals surface area contributed by atoms with E-state index in [4.69, 9.17) is 0 Å². The Morgan fingerprint density at radius 1 is 1.00 bits per heavy atom. The number of rotatable bonds is 0. The van der Waals surface area contributed by atoms with E-state index < -0.39 is 0 Å². The van der Waals surface area contributed by atoms with Crippen LogP contribution in [0.4, 0.5) is 0 Å². The summed E-state index contributed by atoms with van der Waals surface area (Å²) in [6.07, 6.45) is 0. The molecule has 0 aliphatic carbocycles. The van der Waals surface area contributed by atoms with Gasteiger partial charge < -0.3 is 5.92 Å². The molecular weight excluding hydrogens is 104 g/mol. The average Bonchev–Trinajstić information content (AvgIpc) is 0.811. The first-order valence-electron chi connectivity index (χ1n) is 1.50. The molecule has 0 aliphatic heterocycles. The third-order valence-electron chi connectivity index (χ3n) is 0. The van der Waals surface area contributed by atoms with Gasteiger partial charge in [-0.25, -0.2) is 0 Å². The van der Waals surface area contributed by atoms with Crippen molar-refractivity contribution in [2.24, 2.45) is 0 Å². The van der Waals surface area contributed by atoms with Crippen LogP contribution in [0, 0.1) is 5.92 Å². The summed E-state index contributed by atoms with van der Waals surface area (Å²) in [5, 5.41) is 0. The Kier molecular flexibility index (Phi) is 8.23. The Bertz CT molecular complexity index is 8.36. The normalized spacial score (nSPS) is 7.20. The Morgan fingerprint density at radius 2 is 1.00 bits per heavy atom. The van der Waals surface area contributed by atoms with Gasteiger partial charge >= 0.3 is 0 Å². The predicted molar refractivity (Wildman–Crippen MR) is 20.3 cm³/mol. The van der Waals surface area contributed by atoms with Gasteiger partial charge in [-0.1, -0.05) is 0 Å². The van der Waals surface area contributed by atoms with Crippen LogP contribution in [0.3, 0.4) is 0 Å². The fraction of sp³-hybridized carbons (Fsp3) is 0.750. The van der Waals surface area contributed by atoms with Crippen molar-refractivity contribution in [1.29, 1.82) is 0 Å². The van der Waals surface area contributed by atoms with Gasteiger partial charge in [-0.15, -0.1) is 0 Å². The summed E-state index contributed by atoms with van der Waals surface area (Å²) in [5.74, 6) is 1.42. The first kappa shape index (κ1) is 9.10. The molecule has 0 radical (unpaired) electrons. The second-order valence-corrected chi connectivity index (χ2v) is 1.50. The van der Waals surface area contributed by atoms with Crippen LogP contribution < -0.4 is 0 Å². The number of hydrogen-bond acceptors (Lipinski definition) is 0. The van der Waals surface area contributed by atoms with Crippen molar-refractivity contribution in [2.75, 3.05) is 0 Å². The Balaban J connectivity index is 0. The standard InChI is InChI=1S/C4H9.Fe/c1-4(2)3;/h1-3H3;/q-1;. The molecule has 0 bridgehead atoms. The summed E-state index contributed by atoms with van der Waals surface area (Å²) in [6, 6.07) is 0. The number of hydrogen-bond donors (Lipinski definition) is 0. The molecule has 0 saturated heterocycles. The molecule has 0 heterocycles. The molecule has 0 spiro atoms. The van der Waals surface area contributed by atoms with Crippen molar-refractivity contribution in [3.05, 3.63) is 5.92 Å². The summed E-state index contributed by atoms with van der Waals surface area (Å²) < 4.78 is 0. The van der Waals surface area contributed by atoms with E-state index in [1.165, 1.54) is 5.92 Å². The van der Waals surface area contributed by atoms with E-state index in [0.717, 1.165) is 0 Å². The van der Waals surface area contributed by atoms with Crippen LogP contribution >= 0.6 is 0 Å². The Hall–Kier alpha value is 0.519. The van der Waals surface area contributed by atoms with E-state index in [-0.39, 0.29) is 17.1 Å². The summed E-state index contributed by atoms with van der Waals surface area (Å²) in [7, 11) is 0. The average molecular weight is 113 g/mol. The Labute approximate surface area is 44.4 Å². The van der Waals surface area contributed by atoms with Crippen LogP contribution in [0.2, 0.25) is 0 Å². The zero-order valence-corrected chi connectivity index (χ0v) is 4.96. The van der Waals surface area contributed by atoms with Crippen molar-refractivity contribution in [3.8, 4) is 0 Å². The first-order chi connectivity index (χ1) is 1.73. The molecule has 1 heteroatoms. The van der Waals surface area contributed by atoms with Crippen molar-refractivity contribution in [3.63, 3.8) is 0 Å². The van der Waals surface area contributed by atoms with E-state index in [9.17, 15) is 0 Å². The molecule has 0 aromatic carbocycles. The van der Waals surface area contributed by atoms with Gasteiger partial charge in [0.15, 0.2) is 0 Å². The topological polar surface area (TPSA) is 0 Å². The van der Waals surface area contributed by atoms with Crippen LogP contribution in [-0.2, 0) is 17.1 Å². The van der Waals surface area contributed by atoms with E-state index in [1.807, 2.05) is 0 Å². The van der Waals surface area contributed by atoms with Crippen LogP contribution in [0.1, 0.15) is 20.8 Å². The molecule has 0 aromatic heterocycles. The first-order valence-corrected chi connectivity index (χ1v) is 1.50. The van der Waals surface area contributed by atoms with Crippen LogP contribution in [0.25, 0.3) is 0 Å². The predicted octanol–water partition coefficient (Wildman–Crippen LogP) is 1.62. The minimum Gasteiger partial charge on any atom is -0.323 e. The maximum Gasteiger partial charge on any atom is 0 e. The van der Waals surface area contributed by atoms with Gasteiger partial charge in [0.05, 0.1) is 0 Å². The molecule has 0 fully saturated rings. The van der Waals surface area contributed by atoms with Crippen LogP contribution in [0.5, 0.6) is 0 Å². The largest absolute Gasteiger partial charge is 0.323 e. The maximum atomic E-state index is 2.08. The summed E-state index contributed by atoms with van der Waals surface area (Å²) >= 11 is 0. The maximum absolute atomic E-state index is 2.08. The molecule has 0 amide bonds. The molecule has 0 N–H and O–H groups in total. The van der Waals surface area contributed by atoms with Gasteiger partial charge in [0, 0.05) is 17.1 Å². The van der Waals surface area contributed by atoms with E-state index in [1.54, 1.807) is 0 Å².